The van der Waals surface area contributed by atoms with Gasteiger partial charge in [0.1, 0.15) is 8.07 Å². The van der Waals surface area contributed by atoms with Crippen LogP contribution >= 0.6 is 0 Å². The molecule has 0 fully saturated rings. The molecule has 0 radical (unpaired) electrons. The zero-order valence-electron chi connectivity index (χ0n) is 16.4. The van der Waals surface area contributed by atoms with Crippen molar-refractivity contribution in [1.82, 2.24) is 0 Å². The first-order valence-corrected chi connectivity index (χ1v) is 12.5. The second-order valence-corrected chi connectivity index (χ2v) is 11.8. The van der Waals surface area contributed by atoms with Gasteiger partial charge in [0.15, 0.2) is 5.78 Å². The van der Waals surface area contributed by atoms with Crippen molar-refractivity contribution in [3.63, 3.8) is 0 Å². The van der Waals surface area contributed by atoms with Crippen LogP contribution in [-0.2, 0) is 4.79 Å². The van der Waals surface area contributed by atoms with Crippen LogP contribution in [0, 0.1) is 5.92 Å². The molecule has 1 heterocycles. The lowest BCUT2D eigenvalue weighted by molar-refractivity contribution is -0.117. The highest BCUT2D eigenvalue weighted by Gasteiger charge is 2.50. The smallest absolute Gasteiger partial charge is 0.165 e. The third-order valence-electron chi connectivity index (χ3n) is 6.37. The first kappa shape index (κ1) is 18.2. The minimum atomic E-state index is -2.17. The molecule has 138 valence electrons. The predicted molar refractivity (Wildman–Crippen MR) is 116 cm³/mol. The SMILES string of the molecule is CCCCC1=C2C(=CCC[Si]2(c2ccccc2)c2ccccc2)C(C)C1=O. The van der Waals surface area contributed by atoms with Crippen LogP contribution in [0.15, 0.2) is 83.1 Å². The van der Waals surface area contributed by atoms with Gasteiger partial charge >= 0.3 is 0 Å². The van der Waals surface area contributed by atoms with E-state index in [4.69, 9.17) is 0 Å². The fourth-order valence-corrected chi connectivity index (χ4v) is 10.5. The first-order chi connectivity index (χ1) is 13.2. The van der Waals surface area contributed by atoms with Crippen LogP contribution in [-0.4, -0.2) is 13.9 Å². The zero-order chi connectivity index (χ0) is 18.9. The summed E-state index contributed by atoms with van der Waals surface area (Å²) in [4.78, 5) is 13.3. The van der Waals surface area contributed by atoms with E-state index in [-0.39, 0.29) is 5.92 Å². The van der Waals surface area contributed by atoms with Gasteiger partial charge in [-0.3, -0.25) is 4.79 Å². The molecule has 1 unspecified atom stereocenters. The van der Waals surface area contributed by atoms with Gasteiger partial charge in [-0.15, -0.1) is 0 Å². The van der Waals surface area contributed by atoms with E-state index in [2.05, 4.69) is 80.6 Å². The summed E-state index contributed by atoms with van der Waals surface area (Å²) < 4.78 is 0. The summed E-state index contributed by atoms with van der Waals surface area (Å²) >= 11 is 0. The van der Waals surface area contributed by atoms with E-state index in [0.717, 1.165) is 37.3 Å². The average molecular weight is 373 g/mol. The van der Waals surface area contributed by atoms with Crippen LogP contribution in [0.1, 0.15) is 39.5 Å². The highest BCUT2D eigenvalue weighted by Crippen LogP contribution is 2.45. The van der Waals surface area contributed by atoms with Crippen LogP contribution in [0.3, 0.4) is 0 Å². The zero-order valence-corrected chi connectivity index (χ0v) is 17.4. The summed E-state index contributed by atoms with van der Waals surface area (Å²) in [6.07, 6.45) is 6.60. The van der Waals surface area contributed by atoms with Crippen molar-refractivity contribution in [3.05, 3.63) is 83.1 Å². The Morgan fingerprint density at radius 3 is 2.11 bits per heavy atom. The Balaban J connectivity index is 2.02. The quantitative estimate of drug-likeness (QED) is 0.688. The van der Waals surface area contributed by atoms with Crippen LogP contribution in [0.4, 0.5) is 0 Å². The molecule has 0 N–H and O–H groups in total. The van der Waals surface area contributed by atoms with Gasteiger partial charge in [-0.2, -0.15) is 0 Å². The van der Waals surface area contributed by atoms with E-state index in [0.29, 0.717) is 5.78 Å². The van der Waals surface area contributed by atoms with E-state index in [1.165, 1.54) is 21.1 Å². The summed E-state index contributed by atoms with van der Waals surface area (Å²) in [6.45, 7) is 4.33. The van der Waals surface area contributed by atoms with Gasteiger partial charge in [-0.25, -0.2) is 0 Å². The molecule has 1 aliphatic carbocycles. The molecule has 2 aliphatic rings. The number of ketones is 1. The monoisotopic (exact) mass is 372 g/mol. The standard InChI is InChI=1S/C25H28OSi/c1-3-4-16-23-24(26)19(2)22-17-11-18-27(25(22)23,20-12-7-5-8-13-20)21-14-9-6-10-15-21/h5-10,12-15,17,19H,3-4,11,16,18H2,1-2H3. The van der Waals surface area contributed by atoms with Crippen molar-refractivity contribution in [2.75, 3.05) is 0 Å². The molecule has 1 nitrogen and oxygen atoms in total. The molecule has 0 saturated carbocycles. The Kier molecular flexibility index (Phi) is 5.01. The molecule has 0 amide bonds. The van der Waals surface area contributed by atoms with Gasteiger partial charge in [0.2, 0.25) is 0 Å². The largest absolute Gasteiger partial charge is 0.294 e. The van der Waals surface area contributed by atoms with Crippen LogP contribution < -0.4 is 10.4 Å². The van der Waals surface area contributed by atoms with E-state index < -0.39 is 8.07 Å². The molecule has 4 rings (SSSR count). The number of carbonyl (C=O) groups excluding carboxylic acids is 1. The van der Waals surface area contributed by atoms with Crippen LogP contribution in [0.5, 0.6) is 0 Å². The number of unbranched alkanes of at least 4 members (excludes halogenated alkanes) is 1. The molecule has 27 heavy (non-hydrogen) atoms. The molecule has 2 aromatic rings. The fourth-order valence-electron chi connectivity index (χ4n) is 5.06. The Hall–Kier alpha value is -2.19. The maximum Gasteiger partial charge on any atom is 0.165 e. The third-order valence-corrected chi connectivity index (χ3v) is 11.5. The summed E-state index contributed by atoms with van der Waals surface area (Å²) in [6, 6.07) is 23.2. The highest BCUT2D eigenvalue weighted by molar-refractivity contribution is 7.08. The number of benzene rings is 2. The van der Waals surface area contributed by atoms with E-state index >= 15 is 0 Å². The van der Waals surface area contributed by atoms with Crippen molar-refractivity contribution in [2.24, 2.45) is 5.92 Å². The van der Waals surface area contributed by atoms with Crippen molar-refractivity contribution in [3.8, 4) is 0 Å². The van der Waals surface area contributed by atoms with Crippen molar-refractivity contribution in [2.45, 2.75) is 45.6 Å². The number of rotatable bonds is 5. The van der Waals surface area contributed by atoms with Gasteiger partial charge in [-0.1, -0.05) is 87.0 Å². The number of hydrogen-bond acceptors (Lipinski definition) is 1. The average Bonchev–Trinajstić information content (AvgIpc) is 2.98. The fraction of sp³-hybridized carbons (Fsp3) is 0.320. The lowest BCUT2D eigenvalue weighted by Gasteiger charge is -2.39. The maximum atomic E-state index is 13.3. The van der Waals surface area contributed by atoms with Gasteiger partial charge in [0.05, 0.1) is 0 Å². The Labute approximate surface area is 163 Å². The molecule has 0 bridgehead atoms. The Bertz CT molecular complexity index is 853. The summed E-state index contributed by atoms with van der Waals surface area (Å²) in [5, 5.41) is 4.36. The molecule has 0 saturated heterocycles. The van der Waals surface area contributed by atoms with Crippen LogP contribution in [0.25, 0.3) is 0 Å². The second kappa shape index (κ2) is 7.44. The Morgan fingerprint density at radius 1 is 0.963 bits per heavy atom. The van der Waals surface area contributed by atoms with Crippen molar-refractivity contribution in [1.29, 1.82) is 0 Å². The number of carbonyl (C=O) groups is 1. The lowest BCUT2D eigenvalue weighted by Crippen LogP contribution is -2.61. The first-order valence-electron chi connectivity index (χ1n) is 10.3. The topological polar surface area (TPSA) is 17.1 Å². The number of Topliss-reactive ketones (excluding diaryl/α,β-unsaturated/α-hetero) is 1. The lowest BCUT2D eigenvalue weighted by atomic mass is 10.00. The molecular weight excluding hydrogens is 344 g/mol. The number of hydrogen-bond donors (Lipinski definition) is 0. The summed E-state index contributed by atoms with van der Waals surface area (Å²) in [5.74, 6) is 0.418. The molecule has 2 aromatic carbocycles. The van der Waals surface area contributed by atoms with Gasteiger partial charge in [0, 0.05) is 5.92 Å². The summed E-state index contributed by atoms with van der Waals surface area (Å²) in [5.41, 5.74) is 2.49. The molecule has 0 aromatic heterocycles. The summed E-state index contributed by atoms with van der Waals surface area (Å²) in [7, 11) is -2.17. The minimum Gasteiger partial charge on any atom is -0.294 e. The van der Waals surface area contributed by atoms with Crippen molar-refractivity contribution >= 4 is 24.2 Å². The number of allylic oxidation sites excluding steroid dienone is 4. The molecule has 2 heteroatoms. The van der Waals surface area contributed by atoms with E-state index in [1.807, 2.05) is 0 Å². The highest BCUT2D eigenvalue weighted by atomic mass is 28.3. The molecular formula is C25H28OSi. The van der Waals surface area contributed by atoms with E-state index in [9.17, 15) is 4.79 Å². The maximum absolute atomic E-state index is 13.3. The predicted octanol–water partition coefficient (Wildman–Crippen LogP) is 4.82. The van der Waals surface area contributed by atoms with Crippen molar-refractivity contribution < 1.29 is 4.79 Å². The number of fused-ring (bicyclic) bond motifs is 1. The van der Waals surface area contributed by atoms with Crippen LogP contribution in [0.2, 0.25) is 6.04 Å². The molecule has 1 atom stereocenters. The van der Waals surface area contributed by atoms with Gasteiger partial charge in [0.25, 0.3) is 0 Å². The molecule has 0 spiro atoms. The third kappa shape index (κ3) is 2.87. The van der Waals surface area contributed by atoms with E-state index in [1.54, 1.807) is 0 Å². The second-order valence-electron chi connectivity index (χ2n) is 7.88. The Morgan fingerprint density at radius 2 is 1.56 bits per heavy atom. The normalized spacial score (nSPS) is 21.2. The van der Waals surface area contributed by atoms with Gasteiger partial charge < -0.3 is 0 Å². The molecule has 1 aliphatic heterocycles. The van der Waals surface area contributed by atoms with Gasteiger partial charge in [-0.05, 0) is 52.0 Å². The minimum absolute atomic E-state index is 0.0338.